The van der Waals surface area contributed by atoms with Gasteiger partial charge in [-0.3, -0.25) is 14.9 Å². The fraction of sp³-hybridized carbons (Fsp3) is 0.333. The minimum atomic E-state index is -0.778. The summed E-state index contributed by atoms with van der Waals surface area (Å²) in [6.07, 6.45) is 2.48. The zero-order valence-electron chi connectivity index (χ0n) is 12.4. The Hall–Kier alpha value is -2.90. The molecule has 0 spiro atoms. The van der Waals surface area contributed by atoms with Crippen LogP contribution in [0, 0.1) is 0 Å². The van der Waals surface area contributed by atoms with Gasteiger partial charge < -0.3 is 15.2 Å². The molecule has 120 valence electrons. The van der Waals surface area contributed by atoms with E-state index < -0.39 is 18.0 Å². The molecular weight excluding hydrogens is 298 g/mol. The molecule has 0 bridgehead atoms. The molecule has 8 heteroatoms. The van der Waals surface area contributed by atoms with Gasteiger partial charge >= 0.3 is 6.03 Å². The maximum Gasteiger partial charge on any atom is 0.322 e. The summed E-state index contributed by atoms with van der Waals surface area (Å²) >= 11 is 0. The Bertz CT molecular complexity index is 754. The summed E-state index contributed by atoms with van der Waals surface area (Å²) in [5.74, 6) is -0.724. The Morgan fingerprint density at radius 1 is 1.30 bits per heavy atom. The number of hydrogen-bond acceptors (Lipinski definition) is 4. The number of para-hydroxylation sites is 2. The van der Waals surface area contributed by atoms with Gasteiger partial charge in [0, 0.05) is 13.1 Å². The second kappa shape index (κ2) is 6.47. The van der Waals surface area contributed by atoms with Gasteiger partial charge in [0.15, 0.2) is 0 Å². The minimum absolute atomic E-state index is 0.0500. The van der Waals surface area contributed by atoms with Gasteiger partial charge in [0.1, 0.15) is 6.04 Å². The van der Waals surface area contributed by atoms with Crippen molar-refractivity contribution in [1.29, 1.82) is 0 Å². The van der Waals surface area contributed by atoms with Crippen molar-refractivity contribution in [2.24, 2.45) is 0 Å². The lowest BCUT2D eigenvalue weighted by Crippen LogP contribution is -2.36. The SMILES string of the molecule is O=C(C[C@H]1NC(=O)NC1=O)NCCCn1cnc2ccccc21. The molecule has 3 rings (SSSR count). The van der Waals surface area contributed by atoms with Crippen molar-refractivity contribution < 1.29 is 14.4 Å². The number of carbonyl (C=O) groups is 3. The average molecular weight is 315 g/mol. The third-order valence-electron chi connectivity index (χ3n) is 3.67. The maximum absolute atomic E-state index is 11.8. The fourth-order valence-corrected chi connectivity index (χ4v) is 2.53. The molecule has 2 heterocycles. The molecule has 1 atom stereocenters. The predicted molar refractivity (Wildman–Crippen MR) is 82.4 cm³/mol. The van der Waals surface area contributed by atoms with E-state index in [0.717, 1.165) is 24.0 Å². The molecule has 0 saturated carbocycles. The minimum Gasteiger partial charge on any atom is -0.356 e. The van der Waals surface area contributed by atoms with E-state index >= 15 is 0 Å². The van der Waals surface area contributed by atoms with Gasteiger partial charge in [-0.1, -0.05) is 12.1 Å². The maximum atomic E-state index is 11.8. The summed E-state index contributed by atoms with van der Waals surface area (Å²) in [6, 6.07) is 6.53. The van der Waals surface area contributed by atoms with Gasteiger partial charge in [0.05, 0.1) is 23.8 Å². The summed E-state index contributed by atoms with van der Waals surface area (Å²) in [7, 11) is 0. The smallest absolute Gasteiger partial charge is 0.322 e. The molecule has 1 fully saturated rings. The van der Waals surface area contributed by atoms with Crippen molar-refractivity contribution >= 4 is 28.9 Å². The summed E-state index contributed by atoms with van der Waals surface area (Å²) in [5.41, 5.74) is 2.00. The van der Waals surface area contributed by atoms with Crippen LogP contribution in [0.1, 0.15) is 12.8 Å². The van der Waals surface area contributed by atoms with Crippen LogP contribution in [-0.4, -0.2) is 40.0 Å². The summed E-state index contributed by atoms with van der Waals surface area (Å²) in [6.45, 7) is 1.23. The van der Waals surface area contributed by atoms with E-state index in [0.29, 0.717) is 6.54 Å². The highest BCUT2D eigenvalue weighted by Crippen LogP contribution is 2.11. The average Bonchev–Trinajstić information content (AvgIpc) is 3.07. The number of aryl methyl sites for hydroxylation is 1. The molecule has 8 nitrogen and oxygen atoms in total. The van der Waals surface area contributed by atoms with E-state index in [9.17, 15) is 14.4 Å². The van der Waals surface area contributed by atoms with Crippen molar-refractivity contribution in [3.05, 3.63) is 30.6 Å². The van der Waals surface area contributed by atoms with Gasteiger partial charge in [0.25, 0.3) is 5.91 Å². The van der Waals surface area contributed by atoms with E-state index in [1.54, 1.807) is 6.33 Å². The Morgan fingerprint density at radius 2 is 2.13 bits per heavy atom. The van der Waals surface area contributed by atoms with Crippen LogP contribution < -0.4 is 16.0 Å². The number of hydrogen-bond donors (Lipinski definition) is 3. The number of nitrogens with one attached hydrogen (secondary N) is 3. The second-order valence-electron chi connectivity index (χ2n) is 5.35. The highest BCUT2D eigenvalue weighted by molar-refractivity contribution is 6.05. The van der Waals surface area contributed by atoms with Crippen LogP contribution in [-0.2, 0) is 16.1 Å². The molecule has 1 aromatic heterocycles. The Kier molecular flexibility index (Phi) is 4.22. The van der Waals surface area contributed by atoms with Crippen LogP contribution in [0.2, 0.25) is 0 Å². The third kappa shape index (κ3) is 3.47. The van der Waals surface area contributed by atoms with Gasteiger partial charge in [-0.05, 0) is 18.6 Å². The van der Waals surface area contributed by atoms with Crippen molar-refractivity contribution in [1.82, 2.24) is 25.5 Å². The van der Waals surface area contributed by atoms with Gasteiger partial charge in [-0.2, -0.15) is 0 Å². The first-order valence-corrected chi connectivity index (χ1v) is 7.41. The molecule has 1 aromatic carbocycles. The van der Waals surface area contributed by atoms with Crippen LogP contribution in [0.25, 0.3) is 11.0 Å². The van der Waals surface area contributed by atoms with Crippen LogP contribution in [0.5, 0.6) is 0 Å². The summed E-state index contributed by atoms with van der Waals surface area (Å²) in [4.78, 5) is 38.4. The van der Waals surface area contributed by atoms with Crippen molar-refractivity contribution in [3.63, 3.8) is 0 Å². The number of aromatic nitrogens is 2. The van der Waals surface area contributed by atoms with E-state index in [2.05, 4.69) is 20.9 Å². The van der Waals surface area contributed by atoms with Gasteiger partial charge in [-0.25, -0.2) is 9.78 Å². The number of amides is 4. The molecule has 1 aliphatic rings. The van der Waals surface area contributed by atoms with Crippen LogP contribution in [0.4, 0.5) is 4.79 Å². The van der Waals surface area contributed by atoms with Gasteiger partial charge in [-0.15, -0.1) is 0 Å². The first-order valence-electron chi connectivity index (χ1n) is 7.41. The topological polar surface area (TPSA) is 105 Å². The van der Waals surface area contributed by atoms with E-state index in [-0.39, 0.29) is 12.3 Å². The lowest BCUT2D eigenvalue weighted by atomic mass is 10.2. The highest BCUT2D eigenvalue weighted by Gasteiger charge is 2.30. The Morgan fingerprint density at radius 3 is 2.91 bits per heavy atom. The molecule has 3 N–H and O–H groups in total. The monoisotopic (exact) mass is 315 g/mol. The summed E-state index contributed by atoms with van der Waals surface area (Å²) in [5, 5.41) is 7.24. The molecule has 4 amide bonds. The zero-order valence-corrected chi connectivity index (χ0v) is 12.4. The van der Waals surface area contributed by atoms with Crippen LogP contribution >= 0.6 is 0 Å². The molecule has 1 aliphatic heterocycles. The normalized spacial score (nSPS) is 17.1. The highest BCUT2D eigenvalue weighted by atomic mass is 16.2. The predicted octanol–water partition coefficient (Wildman–Crippen LogP) is 0.141. The molecule has 1 saturated heterocycles. The van der Waals surface area contributed by atoms with Crippen LogP contribution in [0.15, 0.2) is 30.6 Å². The standard InChI is InChI=1S/C15H17N5O3/c21-13(8-11-14(22)19-15(23)18-11)16-6-3-7-20-9-17-10-4-1-2-5-12(10)20/h1-2,4-5,9,11H,3,6-8H2,(H,16,21)(H2,18,19,22,23)/t11-/m1/s1. The molecule has 2 aromatic rings. The van der Waals surface area contributed by atoms with Crippen molar-refractivity contribution in [2.75, 3.05) is 6.54 Å². The quantitative estimate of drug-likeness (QED) is 0.521. The van der Waals surface area contributed by atoms with Gasteiger partial charge in [0.2, 0.25) is 5.91 Å². The molecule has 0 unspecified atom stereocenters. The lowest BCUT2D eigenvalue weighted by molar-refractivity contribution is -0.126. The molecule has 0 radical (unpaired) electrons. The van der Waals surface area contributed by atoms with Crippen molar-refractivity contribution in [2.45, 2.75) is 25.4 Å². The number of rotatable bonds is 6. The summed E-state index contributed by atoms with van der Waals surface area (Å²) < 4.78 is 2.03. The fourth-order valence-electron chi connectivity index (χ4n) is 2.53. The first kappa shape index (κ1) is 15.0. The Balaban J connectivity index is 1.42. The molecule has 0 aliphatic carbocycles. The van der Waals surface area contributed by atoms with E-state index in [4.69, 9.17) is 0 Å². The number of imide groups is 1. The van der Waals surface area contributed by atoms with E-state index in [1.165, 1.54) is 0 Å². The zero-order chi connectivity index (χ0) is 16.2. The van der Waals surface area contributed by atoms with Crippen molar-refractivity contribution in [3.8, 4) is 0 Å². The second-order valence-corrected chi connectivity index (χ2v) is 5.35. The molecular formula is C15H17N5O3. The number of nitrogens with zero attached hydrogens (tertiary/aromatic N) is 2. The third-order valence-corrected chi connectivity index (χ3v) is 3.67. The molecule has 23 heavy (non-hydrogen) atoms. The number of benzene rings is 1. The number of urea groups is 1. The number of fused-ring (bicyclic) bond motifs is 1. The number of imidazole rings is 1. The van der Waals surface area contributed by atoms with E-state index in [1.807, 2.05) is 28.8 Å². The Labute approximate surface area is 132 Å². The largest absolute Gasteiger partial charge is 0.356 e. The lowest BCUT2D eigenvalue weighted by Gasteiger charge is -2.09. The van der Waals surface area contributed by atoms with Crippen LogP contribution in [0.3, 0.4) is 0 Å². The number of carbonyl (C=O) groups excluding carboxylic acids is 3. The first-order chi connectivity index (χ1) is 11.1.